The van der Waals surface area contributed by atoms with E-state index >= 15 is 0 Å². The van der Waals surface area contributed by atoms with E-state index in [0.29, 0.717) is 24.0 Å². The molecule has 78 valence electrons. The number of hydrogen-bond acceptors (Lipinski definition) is 4. The molecule has 5 atom stereocenters. The molecule has 0 aliphatic carbocycles. The summed E-state index contributed by atoms with van der Waals surface area (Å²) in [6.45, 7) is 0.908. The molecule has 2 bridgehead atoms. The normalized spacial score (nSPS) is 49.4. The zero-order valence-electron chi connectivity index (χ0n) is 8.23. The largest absolute Gasteiger partial charge is 0.468 e. The molecule has 3 heterocycles. The first-order valence-corrected chi connectivity index (χ1v) is 5.28. The summed E-state index contributed by atoms with van der Waals surface area (Å²) < 4.78 is 10.6. The SMILES string of the molecule is COC(=O)[C@H]1NC[C@H]2[C@@H]1[C@H]1CC[C@@H]2O1. The Morgan fingerprint density at radius 1 is 1.43 bits per heavy atom. The Kier molecular flexibility index (Phi) is 1.82. The summed E-state index contributed by atoms with van der Waals surface area (Å²) in [5, 5.41) is 3.26. The molecule has 3 saturated heterocycles. The zero-order chi connectivity index (χ0) is 9.71. The van der Waals surface area contributed by atoms with E-state index in [-0.39, 0.29) is 12.0 Å². The summed E-state index contributed by atoms with van der Waals surface area (Å²) in [5.41, 5.74) is 0. The Morgan fingerprint density at radius 3 is 3.00 bits per heavy atom. The van der Waals surface area contributed by atoms with Gasteiger partial charge in [0.1, 0.15) is 6.04 Å². The van der Waals surface area contributed by atoms with Crippen LogP contribution in [0.3, 0.4) is 0 Å². The summed E-state index contributed by atoms with van der Waals surface area (Å²) in [6.07, 6.45) is 2.97. The second kappa shape index (κ2) is 2.94. The number of rotatable bonds is 1. The van der Waals surface area contributed by atoms with Gasteiger partial charge in [-0.3, -0.25) is 4.79 Å². The highest BCUT2D eigenvalue weighted by molar-refractivity contribution is 5.76. The third kappa shape index (κ3) is 0.982. The smallest absolute Gasteiger partial charge is 0.323 e. The van der Waals surface area contributed by atoms with Gasteiger partial charge in [-0.15, -0.1) is 0 Å². The van der Waals surface area contributed by atoms with Gasteiger partial charge in [-0.25, -0.2) is 0 Å². The molecule has 0 saturated carbocycles. The average Bonchev–Trinajstić information content (AvgIpc) is 2.87. The Bertz CT molecular complexity index is 268. The van der Waals surface area contributed by atoms with Gasteiger partial charge in [0.2, 0.25) is 0 Å². The summed E-state index contributed by atoms with van der Waals surface area (Å²) >= 11 is 0. The van der Waals surface area contributed by atoms with Crippen molar-refractivity contribution >= 4 is 5.97 Å². The standard InChI is InChI=1S/C10H15NO3/c1-13-10(12)9-8-5(4-11-9)6-2-3-7(8)14-6/h5-9,11H,2-4H2,1H3/t5-,6+,7-,8-,9+/m1/s1. The Morgan fingerprint density at radius 2 is 2.21 bits per heavy atom. The van der Waals surface area contributed by atoms with Gasteiger partial charge >= 0.3 is 5.97 Å². The molecule has 3 rings (SSSR count). The van der Waals surface area contributed by atoms with Gasteiger partial charge in [-0.2, -0.15) is 0 Å². The Hall–Kier alpha value is -0.610. The summed E-state index contributed by atoms with van der Waals surface area (Å²) in [6, 6.07) is -0.125. The topological polar surface area (TPSA) is 47.6 Å². The van der Waals surface area contributed by atoms with Crippen LogP contribution in [0.4, 0.5) is 0 Å². The van der Waals surface area contributed by atoms with Crippen LogP contribution in [0.2, 0.25) is 0 Å². The van der Waals surface area contributed by atoms with Gasteiger partial charge in [0.15, 0.2) is 0 Å². The average molecular weight is 197 g/mol. The van der Waals surface area contributed by atoms with E-state index in [2.05, 4.69) is 5.32 Å². The van der Waals surface area contributed by atoms with Crippen molar-refractivity contribution < 1.29 is 14.3 Å². The molecular formula is C10H15NO3. The minimum atomic E-state index is -0.131. The highest BCUT2D eigenvalue weighted by atomic mass is 16.5. The van der Waals surface area contributed by atoms with Gasteiger partial charge in [0, 0.05) is 18.4 Å². The lowest BCUT2D eigenvalue weighted by atomic mass is 9.78. The van der Waals surface area contributed by atoms with Crippen LogP contribution in [0.15, 0.2) is 0 Å². The molecule has 0 aromatic heterocycles. The van der Waals surface area contributed by atoms with Crippen LogP contribution in [0.5, 0.6) is 0 Å². The second-order valence-corrected chi connectivity index (χ2v) is 4.44. The number of fused-ring (bicyclic) bond motifs is 5. The van der Waals surface area contributed by atoms with Crippen LogP contribution in [0, 0.1) is 11.8 Å². The first kappa shape index (κ1) is 8.68. The fourth-order valence-electron chi connectivity index (χ4n) is 3.31. The summed E-state index contributed by atoms with van der Waals surface area (Å²) in [7, 11) is 1.45. The van der Waals surface area contributed by atoms with Gasteiger partial charge in [0.05, 0.1) is 19.3 Å². The molecule has 3 aliphatic heterocycles. The molecule has 0 aromatic carbocycles. The molecule has 0 amide bonds. The third-order valence-corrected chi connectivity index (χ3v) is 3.90. The number of methoxy groups -OCH3 is 1. The van der Waals surface area contributed by atoms with E-state index in [1.807, 2.05) is 0 Å². The van der Waals surface area contributed by atoms with Crippen molar-refractivity contribution in [2.45, 2.75) is 31.1 Å². The lowest BCUT2D eigenvalue weighted by molar-refractivity contribution is -0.144. The lowest BCUT2D eigenvalue weighted by Gasteiger charge is -2.23. The highest BCUT2D eigenvalue weighted by Gasteiger charge is 2.56. The van der Waals surface area contributed by atoms with E-state index in [1.54, 1.807) is 0 Å². The minimum absolute atomic E-state index is 0.125. The maximum absolute atomic E-state index is 11.5. The van der Waals surface area contributed by atoms with E-state index < -0.39 is 0 Å². The van der Waals surface area contributed by atoms with E-state index in [9.17, 15) is 4.79 Å². The number of ether oxygens (including phenoxy) is 2. The third-order valence-electron chi connectivity index (χ3n) is 3.90. The molecule has 0 spiro atoms. The van der Waals surface area contributed by atoms with Crippen molar-refractivity contribution in [3.8, 4) is 0 Å². The van der Waals surface area contributed by atoms with Crippen molar-refractivity contribution in [2.24, 2.45) is 11.8 Å². The number of nitrogens with one attached hydrogen (secondary N) is 1. The Balaban J connectivity index is 1.82. The summed E-state index contributed by atoms with van der Waals surface area (Å²) in [4.78, 5) is 11.5. The van der Waals surface area contributed by atoms with Crippen LogP contribution in [-0.2, 0) is 14.3 Å². The van der Waals surface area contributed by atoms with Gasteiger partial charge in [0.25, 0.3) is 0 Å². The van der Waals surface area contributed by atoms with Crippen LogP contribution in [-0.4, -0.2) is 37.9 Å². The molecule has 0 unspecified atom stereocenters. The molecule has 1 N–H and O–H groups in total. The summed E-state index contributed by atoms with van der Waals surface area (Å²) in [5.74, 6) is 0.771. The molecule has 3 fully saturated rings. The van der Waals surface area contributed by atoms with Crippen molar-refractivity contribution in [1.82, 2.24) is 5.32 Å². The van der Waals surface area contributed by atoms with Crippen LogP contribution >= 0.6 is 0 Å². The van der Waals surface area contributed by atoms with Crippen molar-refractivity contribution in [2.75, 3.05) is 13.7 Å². The van der Waals surface area contributed by atoms with Crippen molar-refractivity contribution in [3.05, 3.63) is 0 Å². The quantitative estimate of drug-likeness (QED) is 0.597. The monoisotopic (exact) mass is 197 g/mol. The van der Waals surface area contributed by atoms with Crippen molar-refractivity contribution in [1.29, 1.82) is 0 Å². The predicted octanol–water partition coefficient (Wildman–Crippen LogP) is -0.0752. The molecule has 3 aliphatic rings. The number of carbonyl (C=O) groups is 1. The fraction of sp³-hybridized carbons (Fsp3) is 0.900. The predicted molar refractivity (Wildman–Crippen MR) is 48.7 cm³/mol. The van der Waals surface area contributed by atoms with Gasteiger partial charge in [-0.05, 0) is 12.8 Å². The second-order valence-electron chi connectivity index (χ2n) is 4.44. The molecule has 14 heavy (non-hydrogen) atoms. The van der Waals surface area contributed by atoms with Crippen LogP contribution < -0.4 is 5.32 Å². The number of hydrogen-bond donors (Lipinski definition) is 1. The maximum Gasteiger partial charge on any atom is 0.323 e. The van der Waals surface area contributed by atoms with Crippen LogP contribution in [0.25, 0.3) is 0 Å². The highest BCUT2D eigenvalue weighted by Crippen LogP contribution is 2.47. The first-order chi connectivity index (χ1) is 6.81. The number of carbonyl (C=O) groups excluding carboxylic acids is 1. The first-order valence-electron chi connectivity index (χ1n) is 5.28. The zero-order valence-corrected chi connectivity index (χ0v) is 8.23. The molecule has 4 nitrogen and oxygen atoms in total. The van der Waals surface area contributed by atoms with Gasteiger partial charge < -0.3 is 14.8 Å². The molecule has 0 aromatic rings. The molecule has 0 radical (unpaired) electrons. The molecular weight excluding hydrogens is 182 g/mol. The fourth-order valence-corrected chi connectivity index (χ4v) is 3.31. The Labute approximate surface area is 82.9 Å². The van der Waals surface area contributed by atoms with Gasteiger partial charge in [-0.1, -0.05) is 0 Å². The maximum atomic E-state index is 11.5. The van der Waals surface area contributed by atoms with Crippen LogP contribution in [0.1, 0.15) is 12.8 Å². The van der Waals surface area contributed by atoms with Crippen molar-refractivity contribution in [3.63, 3.8) is 0 Å². The van der Waals surface area contributed by atoms with E-state index in [0.717, 1.165) is 13.0 Å². The lowest BCUT2D eigenvalue weighted by Crippen LogP contribution is -2.40. The number of esters is 1. The van der Waals surface area contributed by atoms with E-state index in [1.165, 1.54) is 13.5 Å². The minimum Gasteiger partial charge on any atom is -0.468 e. The van der Waals surface area contributed by atoms with E-state index in [4.69, 9.17) is 9.47 Å². The molecule has 4 heteroatoms.